The Morgan fingerprint density at radius 2 is 1.79 bits per heavy atom. The Balaban J connectivity index is 0.00000300. The van der Waals surface area contributed by atoms with Crippen molar-refractivity contribution < 1.29 is 14.2 Å². The number of nitrogens with two attached hydrogens (primary N) is 1. The van der Waals surface area contributed by atoms with Gasteiger partial charge in [0.15, 0.2) is 5.96 Å². The summed E-state index contributed by atoms with van der Waals surface area (Å²) in [6.07, 6.45) is 2.53. The van der Waals surface area contributed by atoms with Crippen molar-refractivity contribution in [2.24, 2.45) is 16.6 Å². The van der Waals surface area contributed by atoms with Crippen LogP contribution >= 0.6 is 24.0 Å². The Hall–Kier alpha value is -2.16. The Labute approximate surface area is 189 Å². The molecule has 0 saturated heterocycles. The van der Waals surface area contributed by atoms with Crippen LogP contribution in [0.15, 0.2) is 47.5 Å². The lowest BCUT2D eigenvalue weighted by molar-refractivity contribution is 0.297. The molecular formula is C22H30IN3O3. The van der Waals surface area contributed by atoms with Crippen LogP contribution < -0.4 is 25.3 Å². The van der Waals surface area contributed by atoms with Crippen LogP contribution in [0.3, 0.4) is 0 Å². The zero-order chi connectivity index (χ0) is 19.8. The van der Waals surface area contributed by atoms with Crippen LogP contribution in [-0.4, -0.2) is 25.8 Å². The summed E-state index contributed by atoms with van der Waals surface area (Å²) in [5.74, 6) is 3.35. The van der Waals surface area contributed by atoms with Crippen molar-refractivity contribution in [1.29, 1.82) is 0 Å². The third-order valence-electron chi connectivity index (χ3n) is 4.39. The summed E-state index contributed by atoms with van der Waals surface area (Å²) in [5.41, 5.74) is 7.87. The molecular weight excluding hydrogens is 481 g/mol. The van der Waals surface area contributed by atoms with Crippen molar-refractivity contribution in [3.8, 4) is 17.2 Å². The topological polar surface area (TPSA) is 78.1 Å². The van der Waals surface area contributed by atoms with Gasteiger partial charge in [-0.1, -0.05) is 18.2 Å². The highest BCUT2D eigenvalue weighted by Gasteiger charge is 2.22. The van der Waals surface area contributed by atoms with Gasteiger partial charge < -0.3 is 25.3 Å². The second kappa shape index (κ2) is 11.7. The number of anilines is 1. The molecule has 3 rings (SSSR count). The number of benzene rings is 2. The molecule has 0 radical (unpaired) electrons. The fourth-order valence-electron chi connectivity index (χ4n) is 2.76. The maximum Gasteiger partial charge on any atom is 0.193 e. The van der Waals surface area contributed by atoms with Gasteiger partial charge in [0.1, 0.15) is 17.2 Å². The van der Waals surface area contributed by atoms with Crippen LogP contribution in [0.2, 0.25) is 0 Å². The minimum Gasteiger partial charge on any atom is -0.494 e. The van der Waals surface area contributed by atoms with Crippen LogP contribution in [0, 0.1) is 5.92 Å². The fraction of sp³-hybridized carbons (Fsp3) is 0.409. The van der Waals surface area contributed by atoms with Crippen LogP contribution in [0.5, 0.6) is 17.2 Å². The molecule has 0 spiro atoms. The number of hydrogen-bond donors (Lipinski definition) is 2. The monoisotopic (exact) mass is 511 g/mol. The summed E-state index contributed by atoms with van der Waals surface area (Å²) in [5, 5.41) is 3.13. The second-order valence-corrected chi connectivity index (χ2v) is 6.71. The Bertz CT molecular complexity index is 810. The van der Waals surface area contributed by atoms with Gasteiger partial charge in [-0.3, -0.25) is 0 Å². The summed E-state index contributed by atoms with van der Waals surface area (Å²) < 4.78 is 17.2. The zero-order valence-electron chi connectivity index (χ0n) is 17.0. The molecule has 0 aliphatic heterocycles. The first kappa shape index (κ1) is 23.1. The number of nitrogens with zero attached hydrogens (tertiary/aromatic N) is 1. The minimum atomic E-state index is 0. The highest BCUT2D eigenvalue weighted by Crippen LogP contribution is 2.31. The van der Waals surface area contributed by atoms with Gasteiger partial charge in [0, 0.05) is 11.6 Å². The van der Waals surface area contributed by atoms with E-state index in [9.17, 15) is 0 Å². The molecule has 7 heteroatoms. The van der Waals surface area contributed by atoms with E-state index < -0.39 is 0 Å². The Morgan fingerprint density at radius 1 is 1.03 bits per heavy atom. The molecule has 0 atom stereocenters. The number of halogens is 1. The summed E-state index contributed by atoms with van der Waals surface area (Å²) in [7, 11) is 0. The van der Waals surface area contributed by atoms with E-state index in [1.54, 1.807) is 0 Å². The fourth-order valence-corrected chi connectivity index (χ4v) is 2.76. The number of para-hydroxylation sites is 1. The molecule has 0 heterocycles. The van der Waals surface area contributed by atoms with Gasteiger partial charge >= 0.3 is 0 Å². The lowest BCUT2D eigenvalue weighted by Crippen LogP contribution is -2.23. The predicted octanol–water partition coefficient (Wildman–Crippen LogP) is 4.82. The first-order chi connectivity index (χ1) is 13.7. The number of hydrogen-bond acceptors (Lipinski definition) is 4. The van der Waals surface area contributed by atoms with Gasteiger partial charge in [0.25, 0.3) is 0 Å². The Kier molecular flexibility index (Phi) is 9.37. The molecule has 3 N–H and O–H groups in total. The first-order valence-electron chi connectivity index (χ1n) is 9.86. The highest BCUT2D eigenvalue weighted by atomic mass is 127. The average molecular weight is 511 g/mol. The van der Waals surface area contributed by atoms with Crippen molar-refractivity contribution in [2.75, 3.05) is 25.1 Å². The number of rotatable bonds is 10. The minimum absolute atomic E-state index is 0. The number of ether oxygens (including phenoxy) is 3. The van der Waals surface area contributed by atoms with E-state index in [0.717, 1.165) is 29.4 Å². The van der Waals surface area contributed by atoms with E-state index in [1.807, 2.05) is 56.3 Å². The largest absolute Gasteiger partial charge is 0.494 e. The highest BCUT2D eigenvalue weighted by molar-refractivity contribution is 14.0. The van der Waals surface area contributed by atoms with Crippen LogP contribution in [0.1, 0.15) is 32.3 Å². The molecule has 29 heavy (non-hydrogen) atoms. The lowest BCUT2D eigenvalue weighted by atomic mass is 10.2. The van der Waals surface area contributed by atoms with Gasteiger partial charge in [-0.25, -0.2) is 4.99 Å². The van der Waals surface area contributed by atoms with E-state index in [1.165, 1.54) is 12.8 Å². The van der Waals surface area contributed by atoms with E-state index in [2.05, 4.69) is 10.3 Å². The molecule has 0 unspecified atom stereocenters. The normalized spacial score (nSPS) is 13.4. The van der Waals surface area contributed by atoms with Crippen molar-refractivity contribution in [3.63, 3.8) is 0 Å². The molecule has 0 aromatic heterocycles. The molecule has 1 saturated carbocycles. The number of aliphatic imine (C=N–C) groups is 1. The third kappa shape index (κ3) is 7.30. The SMILES string of the molecule is CCOc1ccc(OCC)c(NC(N)=NCc2ccccc2OCC2CC2)c1.I. The summed E-state index contributed by atoms with van der Waals surface area (Å²) in [6, 6.07) is 13.6. The van der Waals surface area contributed by atoms with E-state index in [0.29, 0.717) is 37.4 Å². The standard InChI is InChI=1S/C22H29N3O3.HI/c1-3-26-18-11-12-21(27-4-2)19(13-18)25-22(23)24-14-17-7-5-6-8-20(17)28-15-16-9-10-16;/h5-8,11-13,16H,3-4,9-10,14-15H2,1-2H3,(H3,23,24,25);1H. The van der Waals surface area contributed by atoms with Crippen molar-refractivity contribution in [2.45, 2.75) is 33.2 Å². The van der Waals surface area contributed by atoms with Gasteiger partial charge in [0.2, 0.25) is 0 Å². The molecule has 1 aliphatic carbocycles. The van der Waals surface area contributed by atoms with Gasteiger partial charge in [-0.2, -0.15) is 0 Å². The summed E-state index contributed by atoms with van der Waals surface area (Å²) in [4.78, 5) is 4.48. The van der Waals surface area contributed by atoms with Crippen molar-refractivity contribution >= 4 is 35.6 Å². The predicted molar refractivity (Wildman–Crippen MR) is 128 cm³/mol. The smallest absolute Gasteiger partial charge is 0.193 e. The molecule has 0 amide bonds. The average Bonchev–Trinajstić information content (AvgIpc) is 3.52. The maximum atomic E-state index is 6.13. The molecule has 0 bridgehead atoms. The maximum absolute atomic E-state index is 6.13. The second-order valence-electron chi connectivity index (χ2n) is 6.71. The first-order valence-corrected chi connectivity index (χ1v) is 9.86. The summed E-state index contributed by atoms with van der Waals surface area (Å²) >= 11 is 0. The van der Waals surface area contributed by atoms with E-state index >= 15 is 0 Å². The molecule has 2 aromatic rings. The van der Waals surface area contributed by atoms with Gasteiger partial charge in [0.05, 0.1) is 32.1 Å². The molecule has 2 aromatic carbocycles. The van der Waals surface area contributed by atoms with Crippen LogP contribution in [0.4, 0.5) is 5.69 Å². The molecule has 1 aliphatic rings. The molecule has 6 nitrogen and oxygen atoms in total. The molecule has 158 valence electrons. The zero-order valence-corrected chi connectivity index (χ0v) is 19.3. The van der Waals surface area contributed by atoms with E-state index in [-0.39, 0.29) is 24.0 Å². The Morgan fingerprint density at radius 3 is 2.52 bits per heavy atom. The van der Waals surface area contributed by atoms with Gasteiger partial charge in [-0.15, -0.1) is 24.0 Å². The van der Waals surface area contributed by atoms with Crippen LogP contribution in [-0.2, 0) is 6.54 Å². The number of nitrogens with one attached hydrogen (secondary N) is 1. The van der Waals surface area contributed by atoms with Crippen molar-refractivity contribution in [1.82, 2.24) is 0 Å². The van der Waals surface area contributed by atoms with Crippen LogP contribution in [0.25, 0.3) is 0 Å². The quantitative estimate of drug-likeness (QED) is 0.272. The summed E-state index contributed by atoms with van der Waals surface area (Å²) in [6.45, 7) is 6.25. The third-order valence-corrected chi connectivity index (χ3v) is 4.39. The van der Waals surface area contributed by atoms with Gasteiger partial charge in [-0.05, 0) is 50.8 Å². The number of guanidine groups is 1. The van der Waals surface area contributed by atoms with E-state index in [4.69, 9.17) is 19.9 Å². The van der Waals surface area contributed by atoms with Crippen molar-refractivity contribution in [3.05, 3.63) is 48.0 Å². The molecule has 1 fully saturated rings. The lowest BCUT2D eigenvalue weighted by Gasteiger charge is -2.14.